The molecule has 6 nitrogen and oxygen atoms in total. The van der Waals surface area contributed by atoms with Gasteiger partial charge in [0.05, 0.1) is 0 Å². The zero-order valence-electron chi connectivity index (χ0n) is 14.4. The number of hydrogen-bond acceptors (Lipinski definition) is 3. The lowest BCUT2D eigenvalue weighted by Gasteiger charge is -2.24. The van der Waals surface area contributed by atoms with Crippen molar-refractivity contribution in [1.29, 1.82) is 0 Å². The molecule has 0 unspecified atom stereocenters. The lowest BCUT2D eigenvalue weighted by molar-refractivity contribution is -0.128. The van der Waals surface area contributed by atoms with Gasteiger partial charge in [-0.1, -0.05) is 49.6 Å². The minimum atomic E-state index is -0.129. The number of H-pyrrole nitrogens is 1. The average molecular weight is 340 g/mol. The summed E-state index contributed by atoms with van der Waals surface area (Å²) in [6.07, 6.45) is 6.05. The summed E-state index contributed by atoms with van der Waals surface area (Å²) >= 11 is 0. The summed E-state index contributed by atoms with van der Waals surface area (Å²) in [5.41, 5.74) is 0.999. The molecule has 2 fully saturated rings. The highest BCUT2D eigenvalue weighted by atomic mass is 16.2. The monoisotopic (exact) mass is 340 g/mol. The SMILES string of the molecule is O=C1C[C@@H](c2n[nH]c(=O)n2C2CCCCC2)CN1Cc1ccccc1. The van der Waals surface area contributed by atoms with E-state index in [1.165, 1.54) is 6.42 Å². The molecule has 2 aromatic rings. The highest BCUT2D eigenvalue weighted by molar-refractivity contribution is 5.79. The molecule has 0 bridgehead atoms. The molecule has 25 heavy (non-hydrogen) atoms. The second-order valence-electron chi connectivity index (χ2n) is 7.21. The molecule has 1 aromatic carbocycles. The van der Waals surface area contributed by atoms with E-state index in [-0.39, 0.29) is 23.6 Å². The number of nitrogens with zero attached hydrogens (tertiary/aromatic N) is 3. The summed E-state index contributed by atoms with van der Waals surface area (Å²) in [5.74, 6) is 0.900. The number of nitrogens with one attached hydrogen (secondary N) is 1. The van der Waals surface area contributed by atoms with E-state index >= 15 is 0 Å². The number of amides is 1. The van der Waals surface area contributed by atoms with E-state index in [1.54, 1.807) is 0 Å². The smallest absolute Gasteiger partial charge is 0.338 e. The Hall–Kier alpha value is -2.37. The van der Waals surface area contributed by atoms with Crippen LogP contribution in [0.4, 0.5) is 0 Å². The molecule has 1 atom stereocenters. The molecule has 2 heterocycles. The van der Waals surface area contributed by atoms with Gasteiger partial charge in [0.15, 0.2) is 0 Å². The third-order valence-corrected chi connectivity index (χ3v) is 5.47. The van der Waals surface area contributed by atoms with Crippen LogP contribution in [0, 0.1) is 0 Å². The van der Waals surface area contributed by atoms with E-state index in [0.29, 0.717) is 19.5 Å². The summed E-state index contributed by atoms with van der Waals surface area (Å²) in [7, 11) is 0. The largest absolute Gasteiger partial charge is 0.343 e. The van der Waals surface area contributed by atoms with Crippen LogP contribution in [-0.4, -0.2) is 32.1 Å². The Morgan fingerprint density at radius 2 is 1.84 bits per heavy atom. The highest BCUT2D eigenvalue weighted by Gasteiger charge is 2.35. The summed E-state index contributed by atoms with van der Waals surface area (Å²) < 4.78 is 1.84. The number of rotatable bonds is 4. The first kappa shape index (κ1) is 16.1. The maximum atomic E-state index is 12.5. The van der Waals surface area contributed by atoms with Crippen molar-refractivity contribution in [2.75, 3.05) is 6.54 Å². The fourth-order valence-electron chi connectivity index (χ4n) is 4.20. The summed E-state index contributed by atoms with van der Waals surface area (Å²) in [4.78, 5) is 26.6. The van der Waals surface area contributed by atoms with Crippen LogP contribution < -0.4 is 5.69 Å². The Morgan fingerprint density at radius 3 is 2.60 bits per heavy atom. The van der Waals surface area contributed by atoms with Crippen molar-refractivity contribution in [1.82, 2.24) is 19.7 Å². The van der Waals surface area contributed by atoms with Crippen molar-refractivity contribution < 1.29 is 4.79 Å². The molecule has 132 valence electrons. The van der Waals surface area contributed by atoms with Crippen LogP contribution in [0.2, 0.25) is 0 Å². The Kier molecular flexibility index (Phi) is 4.42. The van der Waals surface area contributed by atoms with Crippen molar-refractivity contribution >= 4 is 5.91 Å². The van der Waals surface area contributed by atoms with Gasteiger partial charge in [-0.2, -0.15) is 5.10 Å². The molecular weight excluding hydrogens is 316 g/mol. The lowest BCUT2D eigenvalue weighted by Crippen LogP contribution is -2.28. The summed E-state index contributed by atoms with van der Waals surface area (Å²) in [5, 5.41) is 6.91. The minimum absolute atomic E-state index is 0.00270. The molecule has 1 aromatic heterocycles. The molecule has 1 amide bonds. The van der Waals surface area contributed by atoms with Gasteiger partial charge in [0.1, 0.15) is 5.82 Å². The van der Waals surface area contributed by atoms with Gasteiger partial charge in [0.25, 0.3) is 0 Å². The Labute approximate surface area is 146 Å². The predicted molar refractivity (Wildman–Crippen MR) is 94.2 cm³/mol. The standard InChI is InChI=1S/C19H24N4O2/c24-17-11-15(13-22(17)12-14-7-3-1-4-8-14)18-20-21-19(25)23(18)16-9-5-2-6-10-16/h1,3-4,7-8,15-16H,2,5-6,9-13H2,(H,21,25)/t15-/m1/s1. The van der Waals surface area contributed by atoms with Crippen LogP contribution >= 0.6 is 0 Å². The Bertz CT molecular complexity index is 789. The van der Waals surface area contributed by atoms with Crippen LogP contribution in [0.3, 0.4) is 0 Å². The highest BCUT2D eigenvalue weighted by Crippen LogP contribution is 2.32. The van der Waals surface area contributed by atoms with Gasteiger partial charge in [-0.25, -0.2) is 9.89 Å². The van der Waals surface area contributed by atoms with Crippen molar-refractivity contribution in [2.24, 2.45) is 0 Å². The van der Waals surface area contributed by atoms with Gasteiger partial charge in [-0.15, -0.1) is 0 Å². The van der Waals surface area contributed by atoms with Crippen molar-refractivity contribution in [3.8, 4) is 0 Å². The molecule has 2 aliphatic rings. The first-order chi connectivity index (χ1) is 12.2. The quantitative estimate of drug-likeness (QED) is 0.930. The number of likely N-dealkylation sites (tertiary alicyclic amines) is 1. The van der Waals surface area contributed by atoms with Crippen molar-refractivity contribution in [3.05, 3.63) is 52.2 Å². The molecule has 0 spiro atoms. The number of benzene rings is 1. The van der Waals surface area contributed by atoms with Gasteiger partial charge >= 0.3 is 5.69 Å². The van der Waals surface area contributed by atoms with Crippen LogP contribution in [0.5, 0.6) is 0 Å². The van der Waals surface area contributed by atoms with Crippen molar-refractivity contribution in [2.45, 2.75) is 57.0 Å². The second-order valence-corrected chi connectivity index (χ2v) is 7.21. The topological polar surface area (TPSA) is 71.0 Å². The maximum absolute atomic E-state index is 12.5. The number of carbonyl (C=O) groups excluding carboxylic acids is 1. The average Bonchev–Trinajstić information content (AvgIpc) is 3.19. The van der Waals surface area contributed by atoms with Gasteiger partial charge in [-0.3, -0.25) is 9.36 Å². The summed E-state index contributed by atoms with van der Waals surface area (Å²) in [6.45, 7) is 1.25. The molecular formula is C19H24N4O2. The van der Waals surface area contributed by atoms with Gasteiger partial charge in [0.2, 0.25) is 5.91 Å². The van der Waals surface area contributed by atoms with Crippen LogP contribution in [0.1, 0.15) is 61.9 Å². The van der Waals surface area contributed by atoms with E-state index in [9.17, 15) is 9.59 Å². The normalized spacial score (nSPS) is 21.8. The number of carbonyl (C=O) groups is 1. The van der Waals surface area contributed by atoms with Crippen LogP contribution in [0.15, 0.2) is 35.1 Å². The Balaban J connectivity index is 1.53. The van der Waals surface area contributed by atoms with Crippen LogP contribution in [-0.2, 0) is 11.3 Å². The third-order valence-electron chi connectivity index (χ3n) is 5.47. The third kappa shape index (κ3) is 3.25. The van der Waals surface area contributed by atoms with E-state index in [4.69, 9.17) is 0 Å². The van der Waals surface area contributed by atoms with Gasteiger partial charge in [0, 0.05) is 31.5 Å². The fraction of sp³-hybridized carbons (Fsp3) is 0.526. The van der Waals surface area contributed by atoms with E-state index in [1.807, 2.05) is 39.8 Å². The molecule has 0 radical (unpaired) electrons. The molecule has 1 aliphatic heterocycles. The van der Waals surface area contributed by atoms with Crippen LogP contribution in [0.25, 0.3) is 0 Å². The molecule has 1 N–H and O–H groups in total. The van der Waals surface area contributed by atoms with E-state index < -0.39 is 0 Å². The molecule has 6 heteroatoms. The molecule has 1 aliphatic carbocycles. The lowest BCUT2D eigenvalue weighted by atomic mass is 9.94. The minimum Gasteiger partial charge on any atom is -0.338 e. The number of aromatic amines is 1. The Morgan fingerprint density at radius 1 is 1.08 bits per heavy atom. The molecule has 1 saturated carbocycles. The van der Waals surface area contributed by atoms with E-state index in [0.717, 1.165) is 37.1 Å². The summed E-state index contributed by atoms with van der Waals surface area (Å²) in [6, 6.07) is 10.3. The molecule has 4 rings (SSSR count). The van der Waals surface area contributed by atoms with E-state index in [2.05, 4.69) is 10.2 Å². The second kappa shape index (κ2) is 6.86. The zero-order chi connectivity index (χ0) is 17.2. The molecule has 1 saturated heterocycles. The van der Waals surface area contributed by atoms with Gasteiger partial charge < -0.3 is 4.90 Å². The number of aromatic nitrogens is 3. The maximum Gasteiger partial charge on any atom is 0.343 e. The zero-order valence-corrected chi connectivity index (χ0v) is 14.4. The first-order valence-electron chi connectivity index (χ1n) is 9.21. The first-order valence-corrected chi connectivity index (χ1v) is 9.21. The van der Waals surface area contributed by atoms with Gasteiger partial charge in [-0.05, 0) is 18.4 Å². The number of hydrogen-bond donors (Lipinski definition) is 1. The predicted octanol–water partition coefficient (Wildman–Crippen LogP) is 2.59. The van der Waals surface area contributed by atoms with Crippen molar-refractivity contribution in [3.63, 3.8) is 0 Å². The fourth-order valence-corrected chi connectivity index (χ4v) is 4.20.